The Hall–Kier alpha value is -1.91. The van der Waals surface area contributed by atoms with Gasteiger partial charge in [0.1, 0.15) is 10.8 Å². The molecule has 0 heterocycles. The smallest absolute Gasteiger partial charge is 0.262 e. The van der Waals surface area contributed by atoms with Gasteiger partial charge in [-0.1, -0.05) is 29.3 Å². The van der Waals surface area contributed by atoms with E-state index in [4.69, 9.17) is 33.7 Å². The van der Waals surface area contributed by atoms with Crippen LogP contribution in [-0.4, -0.2) is 12.5 Å². The van der Waals surface area contributed by atoms with E-state index in [1.165, 1.54) is 0 Å². The molecule has 2 aromatic carbocycles. The van der Waals surface area contributed by atoms with Crippen LogP contribution in [0.25, 0.3) is 0 Å². The minimum atomic E-state index is -0.293. The molecule has 6 heteroatoms. The average molecular weight is 325 g/mol. The summed E-state index contributed by atoms with van der Waals surface area (Å²) in [4.78, 5) is 11.9. The van der Waals surface area contributed by atoms with E-state index in [0.29, 0.717) is 22.1 Å². The maximum Gasteiger partial charge on any atom is 0.262 e. The molecule has 0 aliphatic rings. The summed E-state index contributed by atoms with van der Waals surface area (Å²) in [6, 6.07) is 10.2. The molecule has 0 fully saturated rings. The summed E-state index contributed by atoms with van der Waals surface area (Å²) in [7, 11) is 0. The number of hydrogen-bond acceptors (Lipinski definition) is 3. The Morgan fingerprint density at radius 2 is 2.05 bits per heavy atom. The third kappa shape index (κ3) is 4.03. The Kier molecular flexibility index (Phi) is 4.94. The molecule has 3 N–H and O–H groups in total. The van der Waals surface area contributed by atoms with Gasteiger partial charge in [-0.15, -0.1) is 0 Å². The van der Waals surface area contributed by atoms with Crippen molar-refractivity contribution in [2.75, 3.05) is 17.7 Å². The van der Waals surface area contributed by atoms with Gasteiger partial charge >= 0.3 is 0 Å². The Balaban J connectivity index is 1.97. The van der Waals surface area contributed by atoms with Crippen LogP contribution in [0.2, 0.25) is 10.0 Å². The third-order valence-electron chi connectivity index (χ3n) is 2.80. The van der Waals surface area contributed by atoms with Crippen LogP contribution in [0, 0.1) is 6.92 Å². The van der Waals surface area contributed by atoms with Gasteiger partial charge in [-0.25, -0.2) is 0 Å². The van der Waals surface area contributed by atoms with Crippen LogP contribution in [0.1, 0.15) is 5.56 Å². The van der Waals surface area contributed by atoms with Gasteiger partial charge in [-0.05, 0) is 42.8 Å². The number of ether oxygens (including phenoxy) is 1. The van der Waals surface area contributed by atoms with Crippen molar-refractivity contribution in [2.24, 2.45) is 0 Å². The number of aryl methyl sites for hydroxylation is 1. The number of hydrogen-bond donors (Lipinski definition) is 2. The van der Waals surface area contributed by atoms with Crippen molar-refractivity contribution < 1.29 is 9.53 Å². The quantitative estimate of drug-likeness (QED) is 0.838. The molecule has 21 heavy (non-hydrogen) atoms. The largest absolute Gasteiger partial charge is 0.482 e. The first-order chi connectivity index (χ1) is 9.97. The van der Waals surface area contributed by atoms with E-state index < -0.39 is 0 Å². The predicted octanol–water partition coefficient (Wildman–Crippen LogP) is 3.90. The minimum Gasteiger partial charge on any atom is -0.482 e. The SMILES string of the molecule is Cc1cc(N)ccc1NC(=O)COc1cccc(Cl)c1Cl. The summed E-state index contributed by atoms with van der Waals surface area (Å²) in [5.74, 6) is 0.0762. The van der Waals surface area contributed by atoms with Crippen molar-refractivity contribution >= 4 is 40.5 Å². The van der Waals surface area contributed by atoms with Crippen molar-refractivity contribution in [3.05, 3.63) is 52.0 Å². The highest BCUT2D eigenvalue weighted by Gasteiger charge is 2.09. The van der Waals surface area contributed by atoms with Gasteiger partial charge in [0.15, 0.2) is 6.61 Å². The number of rotatable bonds is 4. The second-order valence-corrected chi connectivity index (χ2v) is 5.25. The van der Waals surface area contributed by atoms with E-state index in [9.17, 15) is 4.79 Å². The molecule has 0 spiro atoms. The van der Waals surface area contributed by atoms with E-state index >= 15 is 0 Å². The number of carbonyl (C=O) groups is 1. The van der Waals surface area contributed by atoms with Crippen molar-refractivity contribution in [3.8, 4) is 5.75 Å². The van der Waals surface area contributed by atoms with E-state index in [1.807, 2.05) is 6.92 Å². The molecule has 0 saturated carbocycles. The molecule has 1 amide bonds. The average Bonchev–Trinajstić information content (AvgIpc) is 2.43. The van der Waals surface area contributed by atoms with Crippen LogP contribution in [-0.2, 0) is 4.79 Å². The molecule has 0 unspecified atom stereocenters. The maximum absolute atomic E-state index is 11.9. The number of nitrogen functional groups attached to an aromatic ring is 1. The molecule has 0 saturated heterocycles. The molecular weight excluding hydrogens is 311 g/mol. The van der Waals surface area contributed by atoms with E-state index in [1.54, 1.807) is 36.4 Å². The van der Waals surface area contributed by atoms with E-state index in [-0.39, 0.29) is 17.5 Å². The van der Waals surface area contributed by atoms with Gasteiger partial charge in [0.05, 0.1) is 5.02 Å². The van der Waals surface area contributed by atoms with Gasteiger partial charge in [-0.2, -0.15) is 0 Å². The summed E-state index contributed by atoms with van der Waals surface area (Å²) < 4.78 is 5.36. The summed E-state index contributed by atoms with van der Waals surface area (Å²) in [6.45, 7) is 1.70. The van der Waals surface area contributed by atoms with E-state index in [0.717, 1.165) is 5.56 Å². The van der Waals surface area contributed by atoms with Crippen LogP contribution in [0.5, 0.6) is 5.75 Å². The van der Waals surface area contributed by atoms with Crippen molar-refractivity contribution in [1.82, 2.24) is 0 Å². The van der Waals surface area contributed by atoms with Crippen LogP contribution in [0.3, 0.4) is 0 Å². The van der Waals surface area contributed by atoms with Crippen molar-refractivity contribution in [2.45, 2.75) is 6.92 Å². The Bertz CT molecular complexity index is 675. The highest BCUT2D eigenvalue weighted by Crippen LogP contribution is 2.31. The molecule has 2 aromatic rings. The van der Waals surface area contributed by atoms with Crippen LogP contribution >= 0.6 is 23.2 Å². The van der Waals surface area contributed by atoms with Crippen molar-refractivity contribution in [1.29, 1.82) is 0 Å². The van der Waals surface area contributed by atoms with Crippen molar-refractivity contribution in [3.63, 3.8) is 0 Å². The Morgan fingerprint density at radius 1 is 1.29 bits per heavy atom. The zero-order chi connectivity index (χ0) is 15.4. The van der Waals surface area contributed by atoms with Gasteiger partial charge in [-0.3, -0.25) is 4.79 Å². The summed E-state index contributed by atoms with van der Waals surface area (Å²) in [6.07, 6.45) is 0. The summed E-state index contributed by atoms with van der Waals surface area (Å²) in [5, 5.41) is 3.41. The van der Waals surface area contributed by atoms with E-state index in [2.05, 4.69) is 5.32 Å². The highest BCUT2D eigenvalue weighted by molar-refractivity contribution is 6.42. The molecule has 0 atom stereocenters. The first kappa shape index (κ1) is 15.5. The molecule has 0 aromatic heterocycles. The Morgan fingerprint density at radius 3 is 2.76 bits per heavy atom. The lowest BCUT2D eigenvalue weighted by atomic mass is 10.2. The third-order valence-corrected chi connectivity index (χ3v) is 3.60. The highest BCUT2D eigenvalue weighted by atomic mass is 35.5. The van der Waals surface area contributed by atoms with Gasteiger partial charge < -0.3 is 15.8 Å². The number of benzene rings is 2. The lowest BCUT2D eigenvalue weighted by molar-refractivity contribution is -0.118. The Labute approximate surface area is 132 Å². The fourth-order valence-electron chi connectivity index (χ4n) is 1.75. The maximum atomic E-state index is 11.9. The fourth-order valence-corrected chi connectivity index (χ4v) is 2.10. The molecular formula is C15H14Cl2N2O2. The number of halogens is 2. The first-order valence-corrected chi connectivity index (χ1v) is 6.96. The molecule has 0 aliphatic heterocycles. The van der Waals surface area contributed by atoms with Gasteiger partial charge in [0.2, 0.25) is 0 Å². The number of nitrogens with two attached hydrogens (primary N) is 1. The predicted molar refractivity (Wildman–Crippen MR) is 86.2 cm³/mol. The lowest BCUT2D eigenvalue weighted by Gasteiger charge is -2.11. The van der Waals surface area contributed by atoms with Gasteiger partial charge in [0, 0.05) is 11.4 Å². The minimum absolute atomic E-state index is 0.163. The molecule has 4 nitrogen and oxygen atoms in total. The zero-order valence-electron chi connectivity index (χ0n) is 11.3. The van der Waals surface area contributed by atoms with Crippen LogP contribution in [0.4, 0.5) is 11.4 Å². The van der Waals surface area contributed by atoms with Gasteiger partial charge in [0.25, 0.3) is 5.91 Å². The monoisotopic (exact) mass is 324 g/mol. The number of carbonyl (C=O) groups excluding carboxylic acids is 1. The molecule has 0 aliphatic carbocycles. The summed E-state index contributed by atoms with van der Waals surface area (Å²) >= 11 is 11.8. The fraction of sp³-hybridized carbons (Fsp3) is 0.133. The van der Waals surface area contributed by atoms with Crippen LogP contribution in [0.15, 0.2) is 36.4 Å². The second-order valence-electron chi connectivity index (χ2n) is 4.46. The molecule has 2 rings (SSSR count). The number of nitrogens with one attached hydrogen (secondary N) is 1. The topological polar surface area (TPSA) is 64.3 Å². The molecule has 0 bridgehead atoms. The number of anilines is 2. The standard InChI is InChI=1S/C15H14Cl2N2O2/c1-9-7-10(18)5-6-12(9)19-14(20)8-21-13-4-2-3-11(16)15(13)17/h2-7H,8,18H2,1H3,(H,19,20). The zero-order valence-corrected chi connectivity index (χ0v) is 12.8. The first-order valence-electron chi connectivity index (χ1n) is 6.20. The second kappa shape index (κ2) is 6.70. The lowest BCUT2D eigenvalue weighted by Crippen LogP contribution is -2.20. The summed E-state index contributed by atoms with van der Waals surface area (Å²) in [5.41, 5.74) is 7.87. The molecule has 0 radical (unpaired) electrons. The van der Waals surface area contributed by atoms with Crippen LogP contribution < -0.4 is 15.8 Å². The molecule has 110 valence electrons. The normalized spacial score (nSPS) is 10.2. The number of amides is 1.